The van der Waals surface area contributed by atoms with Gasteiger partial charge >= 0.3 is 6.36 Å². The molecule has 12 heteroatoms. The minimum atomic E-state index is -4.83. The largest absolute Gasteiger partial charge is 0.573 e. The van der Waals surface area contributed by atoms with Crippen LogP contribution in [0, 0.1) is 0 Å². The molecule has 0 bridgehead atoms. The molecule has 0 aromatic heterocycles. The summed E-state index contributed by atoms with van der Waals surface area (Å²) in [7, 11) is -2.78. The van der Waals surface area contributed by atoms with Crippen LogP contribution in [0.4, 0.5) is 24.5 Å². The normalized spacial score (nSPS) is 11.8. The van der Waals surface area contributed by atoms with Crippen LogP contribution in [0.2, 0.25) is 0 Å². The fourth-order valence-corrected chi connectivity index (χ4v) is 3.45. The molecular formula is C18H18F3N3O5S. The Morgan fingerprint density at radius 1 is 0.967 bits per heavy atom. The summed E-state index contributed by atoms with van der Waals surface area (Å²) in [5, 5.41) is 4.89. The van der Waals surface area contributed by atoms with Gasteiger partial charge in [0.05, 0.1) is 11.4 Å². The van der Waals surface area contributed by atoms with Gasteiger partial charge in [-0.15, -0.1) is 13.2 Å². The Kier molecular flexibility index (Phi) is 7.05. The highest BCUT2D eigenvalue weighted by molar-refractivity contribution is 7.89. The molecule has 0 atom stereocenters. The number of carbonyl (C=O) groups is 2. The van der Waals surface area contributed by atoms with Crippen LogP contribution in [0.3, 0.4) is 0 Å². The number of nitrogens with zero attached hydrogens (tertiary/aromatic N) is 1. The molecule has 162 valence electrons. The highest BCUT2D eigenvalue weighted by atomic mass is 32.2. The molecule has 0 spiro atoms. The molecule has 0 saturated carbocycles. The standard InChI is InChI=1S/C18H18F3N3O5S/c1-12(25)22-13-5-9-16(10-6-13)30(27,28)24(2)11-17(26)23-14-3-7-15(8-4-14)29-18(19,20)21/h3-10H,11H2,1-2H3,(H,22,25)(H,23,26). The second-order valence-electron chi connectivity index (χ2n) is 6.09. The molecule has 8 nitrogen and oxygen atoms in total. The molecule has 0 radical (unpaired) electrons. The van der Waals surface area contributed by atoms with Crippen molar-refractivity contribution in [1.82, 2.24) is 4.31 Å². The molecule has 0 aliphatic heterocycles. The van der Waals surface area contributed by atoms with Gasteiger partial charge in [0.15, 0.2) is 0 Å². The summed E-state index contributed by atoms with van der Waals surface area (Å²) in [5.74, 6) is -1.46. The van der Waals surface area contributed by atoms with Crippen molar-refractivity contribution >= 4 is 33.2 Å². The van der Waals surface area contributed by atoms with Crippen LogP contribution in [-0.2, 0) is 19.6 Å². The van der Waals surface area contributed by atoms with Gasteiger partial charge in [-0.25, -0.2) is 8.42 Å². The average Bonchev–Trinajstić information content (AvgIpc) is 2.62. The van der Waals surface area contributed by atoms with E-state index in [1.165, 1.54) is 50.4 Å². The highest BCUT2D eigenvalue weighted by Crippen LogP contribution is 2.24. The number of rotatable bonds is 7. The van der Waals surface area contributed by atoms with Crippen molar-refractivity contribution in [2.24, 2.45) is 0 Å². The van der Waals surface area contributed by atoms with Crippen LogP contribution in [0.1, 0.15) is 6.92 Å². The Morgan fingerprint density at radius 3 is 1.97 bits per heavy atom. The Hall–Kier alpha value is -3.12. The molecule has 2 aromatic carbocycles. The minimum Gasteiger partial charge on any atom is -0.406 e. The van der Waals surface area contributed by atoms with Gasteiger partial charge in [0.25, 0.3) is 0 Å². The number of hydrogen-bond acceptors (Lipinski definition) is 5. The maximum absolute atomic E-state index is 12.6. The first-order valence-corrected chi connectivity index (χ1v) is 9.80. The molecule has 2 aromatic rings. The zero-order chi connectivity index (χ0) is 22.5. The Morgan fingerprint density at radius 2 is 1.47 bits per heavy atom. The summed E-state index contributed by atoms with van der Waals surface area (Å²) in [6.45, 7) is 0.782. The predicted octanol–water partition coefficient (Wildman–Crippen LogP) is 2.80. The van der Waals surface area contributed by atoms with Crippen molar-refractivity contribution in [3.05, 3.63) is 48.5 Å². The Balaban J connectivity index is 1.99. The topological polar surface area (TPSA) is 105 Å². The molecule has 0 unspecified atom stereocenters. The summed E-state index contributed by atoms with van der Waals surface area (Å²) < 4.78 is 66.1. The van der Waals surface area contributed by atoms with Crippen LogP contribution >= 0.6 is 0 Å². The molecule has 2 amide bonds. The van der Waals surface area contributed by atoms with Crippen LogP contribution in [0.5, 0.6) is 5.75 Å². The third kappa shape index (κ3) is 6.74. The summed E-state index contributed by atoms with van der Waals surface area (Å²) >= 11 is 0. The van der Waals surface area contributed by atoms with Crippen molar-refractivity contribution in [1.29, 1.82) is 0 Å². The minimum absolute atomic E-state index is 0.0828. The lowest BCUT2D eigenvalue weighted by Gasteiger charge is -2.17. The molecule has 2 N–H and O–H groups in total. The second-order valence-corrected chi connectivity index (χ2v) is 8.13. The number of alkyl halides is 3. The van der Waals surface area contributed by atoms with Gasteiger partial charge in [-0.2, -0.15) is 4.31 Å². The first kappa shape index (κ1) is 23.2. The molecule has 0 fully saturated rings. The smallest absolute Gasteiger partial charge is 0.406 e. The Labute approximate surface area is 170 Å². The Bertz CT molecular complexity index is 1010. The quantitative estimate of drug-likeness (QED) is 0.682. The number of ether oxygens (including phenoxy) is 1. The maximum atomic E-state index is 12.6. The first-order valence-electron chi connectivity index (χ1n) is 8.36. The van der Waals surface area contributed by atoms with E-state index >= 15 is 0 Å². The lowest BCUT2D eigenvalue weighted by Crippen LogP contribution is -2.34. The molecule has 0 saturated heterocycles. The monoisotopic (exact) mass is 445 g/mol. The van der Waals surface area contributed by atoms with E-state index in [-0.39, 0.29) is 16.5 Å². The van der Waals surface area contributed by atoms with Crippen LogP contribution in [0.25, 0.3) is 0 Å². The van der Waals surface area contributed by atoms with E-state index in [1.807, 2.05) is 0 Å². The van der Waals surface area contributed by atoms with E-state index in [0.29, 0.717) is 5.69 Å². The third-order valence-electron chi connectivity index (χ3n) is 3.62. The van der Waals surface area contributed by atoms with Crippen molar-refractivity contribution in [2.75, 3.05) is 24.2 Å². The summed E-state index contributed by atoms with van der Waals surface area (Å²) in [6.07, 6.45) is -4.83. The molecule has 0 heterocycles. The third-order valence-corrected chi connectivity index (χ3v) is 5.44. The number of nitrogens with one attached hydrogen (secondary N) is 2. The van der Waals surface area contributed by atoms with E-state index in [1.54, 1.807) is 0 Å². The van der Waals surface area contributed by atoms with Gasteiger partial charge in [0.2, 0.25) is 21.8 Å². The number of hydrogen-bond donors (Lipinski definition) is 2. The zero-order valence-corrected chi connectivity index (χ0v) is 16.7. The molecule has 2 rings (SSSR count). The fourth-order valence-electron chi connectivity index (χ4n) is 2.32. The van der Waals surface area contributed by atoms with Gasteiger partial charge < -0.3 is 15.4 Å². The zero-order valence-electron chi connectivity index (χ0n) is 15.9. The number of likely N-dealkylation sites (N-methyl/N-ethyl adjacent to an activating group) is 1. The number of anilines is 2. The highest BCUT2D eigenvalue weighted by Gasteiger charge is 2.31. The van der Waals surface area contributed by atoms with Crippen LogP contribution in [0.15, 0.2) is 53.4 Å². The average molecular weight is 445 g/mol. The van der Waals surface area contributed by atoms with Gasteiger partial charge in [-0.05, 0) is 48.5 Å². The number of halogens is 3. The maximum Gasteiger partial charge on any atom is 0.573 e. The van der Waals surface area contributed by atoms with E-state index in [0.717, 1.165) is 16.4 Å². The second kappa shape index (κ2) is 9.13. The molecular weight excluding hydrogens is 427 g/mol. The van der Waals surface area contributed by atoms with Gasteiger partial charge in [-0.3, -0.25) is 9.59 Å². The first-order chi connectivity index (χ1) is 13.9. The summed E-state index contributed by atoms with van der Waals surface area (Å²) in [5.41, 5.74) is 0.583. The van der Waals surface area contributed by atoms with E-state index < -0.39 is 34.6 Å². The lowest BCUT2D eigenvalue weighted by atomic mass is 10.3. The molecule has 30 heavy (non-hydrogen) atoms. The van der Waals surface area contributed by atoms with Gasteiger partial charge in [0, 0.05) is 25.3 Å². The van der Waals surface area contributed by atoms with Crippen molar-refractivity contribution in [2.45, 2.75) is 18.2 Å². The number of sulfonamides is 1. The van der Waals surface area contributed by atoms with Gasteiger partial charge in [0.1, 0.15) is 5.75 Å². The van der Waals surface area contributed by atoms with E-state index in [2.05, 4.69) is 15.4 Å². The van der Waals surface area contributed by atoms with Crippen LogP contribution < -0.4 is 15.4 Å². The fraction of sp³-hybridized carbons (Fsp3) is 0.222. The summed E-state index contributed by atoms with van der Waals surface area (Å²) in [4.78, 5) is 23.0. The number of carbonyl (C=O) groups excluding carboxylic acids is 2. The van der Waals surface area contributed by atoms with Crippen molar-refractivity contribution in [3.8, 4) is 5.75 Å². The van der Waals surface area contributed by atoms with E-state index in [4.69, 9.17) is 0 Å². The van der Waals surface area contributed by atoms with Crippen molar-refractivity contribution in [3.63, 3.8) is 0 Å². The summed E-state index contributed by atoms with van der Waals surface area (Å²) in [6, 6.07) is 9.80. The van der Waals surface area contributed by atoms with Gasteiger partial charge in [-0.1, -0.05) is 0 Å². The SMILES string of the molecule is CC(=O)Nc1ccc(S(=O)(=O)N(C)CC(=O)Nc2ccc(OC(F)(F)F)cc2)cc1. The predicted molar refractivity (Wildman–Crippen MR) is 102 cm³/mol. The number of amides is 2. The molecule has 0 aliphatic carbocycles. The number of benzene rings is 2. The van der Waals surface area contributed by atoms with E-state index in [9.17, 15) is 31.2 Å². The van der Waals surface area contributed by atoms with Crippen molar-refractivity contribution < 1.29 is 35.9 Å². The molecule has 0 aliphatic rings. The lowest BCUT2D eigenvalue weighted by molar-refractivity contribution is -0.274. The van der Waals surface area contributed by atoms with Crippen LogP contribution in [-0.4, -0.2) is 44.5 Å².